The summed E-state index contributed by atoms with van der Waals surface area (Å²) >= 11 is 0. The Morgan fingerprint density at radius 1 is 1.41 bits per heavy atom. The lowest BCUT2D eigenvalue weighted by atomic mass is 9.99. The van der Waals surface area contributed by atoms with Crippen LogP contribution < -0.4 is 5.43 Å². The van der Waals surface area contributed by atoms with Crippen LogP contribution in [-0.2, 0) is 0 Å². The van der Waals surface area contributed by atoms with Gasteiger partial charge >= 0.3 is 0 Å². The summed E-state index contributed by atoms with van der Waals surface area (Å²) in [5.74, 6) is 1.20. The summed E-state index contributed by atoms with van der Waals surface area (Å²) in [6.45, 7) is 0. The Bertz CT molecular complexity index is 455. The van der Waals surface area contributed by atoms with Gasteiger partial charge in [-0.25, -0.2) is 5.43 Å². The zero-order valence-corrected chi connectivity index (χ0v) is 9.60. The number of amides is 1. The molecule has 1 amide bonds. The van der Waals surface area contributed by atoms with Crippen molar-refractivity contribution in [2.24, 2.45) is 16.9 Å². The molecule has 2 aliphatic carbocycles. The summed E-state index contributed by atoms with van der Waals surface area (Å²) < 4.78 is 0. The van der Waals surface area contributed by atoms with Crippen LogP contribution in [0.5, 0.6) is 0 Å². The van der Waals surface area contributed by atoms with Crippen molar-refractivity contribution in [3.8, 4) is 0 Å². The third-order valence-corrected chi connectivity index (χ3v) is 3.71. The summed E-state index contributed by atoms with van der Waals surface area (Å²) in [5.41, 5.74) is 4.20. The van der Waals surface area contributed by atoms with Gasteiger partial charge in [0.25, 0.3) is 5.91 Å². The van der Waals surface area contributed by atoms with Gasteiger partial charge in [0, 0.05) is 11.9 Å². The SMILES string of the molecule is O=C(N/N=C1/CC2CCC1C2)c1ccccn1. The number of hydrazone groups is 1. The van der Waals surface area contributed by atoms with Crippen LogP contribution in [0, 0.1) is 11.8 Å². The van der Waals surface area contributed by atoms with Crippen molar-refractivity contribution in [1.29, 1.82) is 0 Å². The Labute approximate surface area is 100 Å². The van der Waals surface area contributed by atoms with Gasteiger partial charge in [-0.05, 0) is 49.7 Å². The molecule has 2 saturated carbocycles. The Kier molecular flexibility index (Phi) is 2.63. The summed E-state index contributed by atoms with van der Waals surface area (Å²) in [5, 5.41) is 4.26. The van der Waals surface area contributed by atoms with Crippen molar-refractivity contribution >= 4 is 11.6 Å². The highest BCUT2D eigenvalue weighted by Crippen LogP contribution is 2.42. The minimum Gasteiger partial charge on any atom is -0.266 e. The molecule has 1 aromatic rings. The molecule has 4 nitrogen and oxygen atoms in total. The number of carbonyl (C=O) groups excluding carboxylic acids is 1. The third kappa shape index (κ3) is 2.07. The first-order valence-corrected chi connectivity index (χ1v) is 6.11. The number of nitrogens with zero attached hydrogens (tertiary/aromatic N) is 2. The van der Waals surface area contributed by atoms with E-state index in [1.165, 1.54) is 25.0 Å². The van der Waals surface area contributed by atoms with E-state index in [9.17, 15) is 4.79 Å². The van der Waals surface area contributed by atoms with E-state index in [-0.39, 0.29) is 5.91 Å². The number of fused-ring (bicyclic) bond motifs is 2. The van der Waals surface area contributed by atoms with E-state index in [2.05, 4.69) is 15.5 Å². The summed E-state index contributed by atoms with van der Waals surface area (Å²) in [7, 11) is 0. The fourth-order valence-electron chi connectivity index (χ4n) is 2.84. The second kappa shape index (κ2) is 4.28. The molecule has 1 N–H and O–H groups in total. The smallest absolute Gasteiger partial charge is 0.266 e. The summed E-state index contributed by atoms with van der Waals surface area (Å²) in [6, 6.07) is 5.28. The molecule has 2 unspecified atom stereocenters. The summed E-state index contributed by atoms with van der Waals surface area (Å²) in [6.07, 6.45) is 6.51. The molecule has 2 atom stereocenters. The lowest BCUT2D eigenvalue weighted by Crippen LogP contribution is -2.22. The van der Waals surface area contributed by atoms with E-state index in [0.29, 0.717) is 11.6 Å². The van der Waals surface area contributed by atoms with Crippen LogP contribution in [0.1, 0.15) is 36.2 Å². The standard InChI is InChI=1S/C13H15N3O/c17-13(11-3-1-2-6-14-11)16-15-12-8-9-4-5-10(12)7-9/h1-3,6,9-10H,4-5,7-8H2,(H,16,17)/b15-12-. The molecule has 88 valence electrons. The normalized spacial score (nSPS) is 28.6. The maximum Gasteiger partial charge on any atom is 0.289 e. The predicted molar refractivity (Wildman–Crippen MR) is 64.6 cm³/mol. The van der Waals surface area contributed by atoms with Gasteiger partial charge in [-0.1, -0.05) is 6.07 Å². The monoisotopic (exact) mass is 229 g/mol. The van der Waals surface area contributed by atoms with E-state index in [1.807, 2.05) is 0 Å². The quantitative estimate of drug-likeness (QED) is 0.788. The highest BCUT2D eigenvalue weighted by molar-refractivity contribution is 5.95. The van der Waals surface area contributed by atoms with Gasteiger partial charge in [0.15, 0.2) is 0 Å². The number of hydrogen-bond donors (Lipinski definition) is 1. The Morgan fingerprint density at radius 2 is 2.35 bits per heavy atom. The van der Waals surface area contributed by atoms with Crippen LogP contribution in [0.15, 0.2) is 29.5 Å². The fraction of sp³-hybridized carbons (Fsp3) is 0.462. The van der Waals surface area contributed by atoms with E-state index < -0.39 is 0 Å². The first-order valence-electron chi connectivity index (χ1n) is 6.11. The molecule has 2 aliphatic rings. The van der Waals surface area contributed by atoms with Gasteiger partial charge in [-0.3, -0.25) is 9.78 Å². The van der Waals surface area contributed by atoms with Crippen LogP contribution in [0.3, 0.4) is 0 Å². The van der Waals surface area contributed by atoms with Gasteiger partial charge in [0.2, 0.25) is 0 Å². The first-order chi connectivity index (χ1) is 8.33. The van der Waals surface area contributed by atoms with Crippen molar-refractivity contribution in [1.82, 2.24) is 10.4 Å². The molecule has 4 heteroatoms. The highest BCUT2D eigenvalue weighted by Gasteiger charge is 2.36. The zero-order valence-electron chi connectivity index (χ0n) is 9.60. The van der Waals surface area contributed by atoms with Crippen LogP contribution in [0.4, 0.5) is 0 Å². The molecule has 0 aromatic carbocycles. The summed E-state index contributed by atoms with van der Waals surface area (Å²) in [4.78, 5) is 15.7. The second-order valence-electron chi connectivity index (χ2n) is 4.84. The van der Waals surface area contributed by atoms with Gasteiger partial charge in [-0.15, -0.1) is 0 Å². The number of hydrogen-bond acceptors (Lipinski definition) is 3. The molecular weight excluding hydrogens is 214 g/mol. The number of nitrogens with one attached hydrogen (secondary N) is 1. The minimum absolute atomic E-state index is 0.221. The largest absolute Gasteiger partial charge is 0.289 e. The van der Waals surface area contributed by atoms with Crippen molar-refractivity contribution in [2.75, 3.05) is 0 Å². The highest BCUT2D eigenvalue weighted by atomic mass is 16.2. The maximum atomic E-state index is 11.7. The van der Waals surface area contributed by atoms with Crippen molar-refractivity contribution in [3.05, 3.63) is 30.1 Å². The van der Waals surface area contributed by atoms with Gasteiger partial charge in [0.05, 0.1) is 0 Å². The van der Waals surface area contributed by atoms with Crippen molar-refractivity contribution in [3.63, 3.8) is 0 Å². The Balaban J connectivity index is 1.65. The van der Waals surface area contributed by atoms with Crippen molar-refractivity contribution < 1.29 is 4.79 Å². The molecule has 0 aliphatic heterocycles. The Hall–Kier alpha value is -1.71. The molecule has 0 saturated heterocycles. The Morgan fingerprint density at radius 3 is 3.00 bits per heavy atom. The number of pyridine rings is 1. The molecule has 1 heterocycles. The minimum atomic E-state index is -0.221. The predicted octanol–water partition coefficient (Wildman–Crippen LogP) is 1.99. The molecular formula is C13H15N3O. The molecule has 1 aromatic heterocycles. The second-order valence-corrected chi connectivity index (χ2v) is 4.84. The number of aromatic nitrogens is 1. The van der Waals surface area contributed by atoms with Crippen LogP contribution in [-0.4, -0.2) is 16.6 Å². The molecule has 0 radical (unpaired) electrons. The van der Waals surface area contributed by atoms with E-state index in [0.717, 1.165) is 12.3 Å². The van der Waals surface area contributed by atoms with Crippen molar-refractivity contribution in [2.45, 2.75) is 25.7 Å². The average molecular weight is 229 g/mol. The zero-order chi connectivity index (χ0) is 11.7. The van der Waals surface area contributed by atoms with E-state index >= 15 is 0 Å². The van der Waals surface area contributed by atoms with Gasteiger partial charge in [-0.2, -0.15) is 5.10 Å². The van der Waals surface area contributed by atoms with Gasteiger partial charge in [0.1, 0.15) is 5.69 Å². The molecule has 3 rings (SSSR count). The van der Waals surface area contributed by atoms with Crippen LogP contribution in [0.25, 0.3) is 0 Å². The maximum absolute atomic E-state index is 11.7. The molecule has 0 spiro atoms. The number of carbonyl (C=O) groups is 1. The fourth-order valence-corrected chi connectivity index (χ4v) is 2.84. The van der Waals surface area contributed by atoms with Crippen LogP contribution in [0.2, 0.25) is 0 Å². The van der Waals surface area contributed by atoms with Crippen LogP contribution >= 0.6 is 0 Å². The molecule has 2 bridgehead atoms. The number of rotatable bonds is 2. The van der Waals surface area contributed by atoms with E-state index in [4.69, 9.17) is 0 Å². The van der Waals surface area contributed by atoms with Gasteiger partial charge < -0.3 is 0 Å². The lowest BCUT2D eigenvalue weighted by molar-refractivity contribution is 0.0949. The lowest BCUT2D eigenvalue weighted by Gasteiger charge is -2.11. The first kappa shape index (κ1) is 10.4. The molecule has 2 fully saturated rings. The third-order valence-electron chi connectivity index (χ3n) is 3.71. The van der Waals surface area contributed by atoms with E-state index in [1.54, 1.807) is 24.4 Å². The topological polar surface area (TPSA) is 54.4 Å². The average Bonchev–Trinajstić information content (AvgIpc) is 2.99. The molecule has 17 heavy (non-hydrogen) atoms.